The van der Waals surface area contributed by atoms with Gasteiger partial charge in [0.1, 0.15) is 17.2 Å². The molecule has 0 aliphatic heterocycles. The maximum Gasteiger partial charge on any atom is 0.131 e. The van der Waals surface area contributed by atoms with Crippen molar-refractivity contribution in [3.05, 3.63) is 48.1 Å². The molecule has 0 aliphatic rings. The van der Waals surface area contributed by atoms with Gasteiger partial charge in [-0.2, -0.15) is 0 Å². The lowest BCUT2D eigenvalue weighted by Crippen LogP contribution is -2.27. The van der Waals surface area contributed by atoms with E-state index in [0.717, 1.165) is 18.2 Å². The van der Waals surface area contributed by atoms with Gasteiger partial charge in [-0.25, -0.2) is 8.78 Å². The molecule has 0 spiro atoms. The lowest BCUT2D eigenvalue weighted by molar-refractivity contribution is 0.0240. The van der Waals surface area contributed by atoms with Crippen LogP contribution in [-0.4, -0.2) is 16.8 Å². The monoisotopic (exact) mass is 200 g/mol. The SMILES string of the molecule is C=CC(O)(CO)c1cc(F)cc(F)c1. The van der Waals surface area contributed by atoms with Gasteiger partial charge in [0.2, 0.25) is 0 Å². The van der Waals surface area contributed by atoms with E-state index in [1.54, 1.807) is 0 Å². The maximum atomic E-state index is 12.8. The van der Waals surface area contributed by atoms with Crippen molar-refractivity contribution in [3.63, 3.8) is 0 Å². The van der Waals surface area contributed by atoms with Crippen molar-refractivity contribution in [1.29, 1.82) is 0 Å². The van der Waals surface area contributed by atoms with Gasteiger partial charge in [-0.1, -0.05) is 12.7 Å². The first-order valence-corrected chi connectivity index (χ1v) is 3.95. The number of hydrogen-bond acceptors (Lipinski definition) is 2. The molecule has 0 saturated heterocycles. The Balaban J connectivity index is 3.23. The quantitative estimate of drug-likeness (QED) is 0.722. The van der Waals surface area contributed by atoms with Crippen molar-refractivity contribution in [2.75, 3.05) is 6.61 Å². The van der Waals surface area contributed by atoms with Crippen LogP contribution in [0.1, 0.15) is 5.56 Å². The number of benzene rings is 1. The highest BCUT2D eigenvalue weighted by Crippen LogP contribution is 2.23. The average molecular weight is 200 g/mol. The Labute approximate surface area is 80.1 Å². The predicted molar refractivity (Wildman–Crippen MR) is 47.5 cm³/mol. The second-order valence-corrected chi connectivity index (χ2v) is 2.94. The van der Waals surface area contributed by atoms with Crippen LogP contribution in [0.4, 0.5) is 8.78 Å². The third-order valence-corrected chi connectivity index (χ3v) is 1.94. The maximum absolute atomic E-state index is 12.8. The lowest BCUT2D eigenvalue weighted by atomic mass is 9.95. The Morgan fingerprint density at radius 1 is 1.29 bits per heavy atom. The number of hydrogen-bond donors (Lipinski definition) is 2. The minimum Gasteiger partial charge on any atom is -0.393 e. The van der Waals surface area contributed by atoms with Crippen LogP contribution in [0, 0.1) is 11.6 Å². The van der Waals surface area contributed by atoms with Crippen LogP contribution in [0.25, 0.3) is 0 Å². The van der Waals surface area contributed by atoms with E-state index >= 15 is 0 Å². The zero-order chi connectivity index (χ0) is 10.8. The fraction of sp³-hybridized carbons (Fsp3) is 0.200. The van der Waals surface area contributed by atoms with Crippen molar-refractivity contribution >= 4 is 0 Å². The molecule has 76 valence electrons. The van der Waals surface area contributed by atoms with Gasteiger partial charge in [0, 0.05) is 6.07 Å². The Morgan fingerprint density at radius 2 is 1.79 bits per heavy atom. The Morgan fingerprint density at radius 3 is 2.14 bits per heavy atom. The Kier molecular flexibility index (Phi) is 2.98. The first-order valence-electron chi connectivity index (χ1n) is 3.95. The zero-order valence-electron chi connectivity index (χ0n) is 7.37. The topological polar surface area (TPSA) is 40.5 Å². The molecule has 1 aromatic rings. The van der Waals surface area contributed by atoms with Crippen molar-refractivity contribution in [3.8, 4) is 0 Å². The lowest BCUT2D eigenvalue weighted by Gasteiger charge is -2.21. The van der Waals surface area contributed by atoms with Gasteiger partial charge < -0.3 is 10.2 Å². The number of aliphatic hydroxyl groups is 2. The van der Waals surface area contributed by atoms with Gasteiger partial charge in [0.15, 0.2) is 0 Å². The van der Waals surface area contributed by atoms with E-state index in [1.165, 1.54) is 0 Å². The Bertz CT molecular complexity index is 332. The van der Waals surface area contributed by atoms with Gasteiger partial charge in [0.05, 0.1) is 6.61 Å². The summed E-state index contributed by atoms with van der Waals surface area (Å²) in [6, 6.07) is 2.58. The molecule has 0 radical (unpaired) electrons. The summed E-state index contributed by atoms with van der Waals surface area (Å²) in [4.78, 5) is 0. The molecule has 0 saturated carbocycles. The molecule has 1 rings (SSSR count). The largest absolute Gasteiger partial charge is 0.393 e. The van der Waals surface area contributed by atoms with Crippen molar-refractivity contribution in [2.45, 2.75) is 5.60 Å². The molecular weight excluding hydrogens is 190 g/mol. The molecule has 0 aliphatic carbocycles. The summed E-state index contributed by atoms with van der Waals surface area (Å²) < 4.78 is 25.5. The summed E-state index contributed by atoms with van der Waals surface area (Å²) >= 11 is 0. The minimum absolute atomic E-state index is 0.0625. The summed E-state index contributed by atoms with van der Waals surface area (Å²) in [5.74, 6) is -1.62. The Hall–Kier alpha value is -1.26. The number of rotatable bonds is 3. The summed E-state index contributed by atoms with van der Waals surface area (Å²) in [6.45, 7) is 2.60. The average Bonchev–Trinajstić information content (AvgIpc) is 2.15. The van der Waals surface area contributed by atoms with Crippen LogP contribution in [0.5, 0.6) is 0 Å². The molecule has 14 heavy (non-hydrogen) atoms. The van der Waals surface area contributed by atoms with Crippen molar-refractivity contribution < 1.29 is 19.0 Å². The van der Waals surface area contributed by atoms with E-state index in [4.69, 9.17) is 5.11 Å². The van der Waals surface area contributed by atoms with Crippen LogP contribution >= 0.6 is 0 Å². The highest BCUT2D eigenvalue weighted by molar-refractivity contribution is 5.28. The van der Waals surface area contributed by atoms with E-state index in [-0.39, 0.29) is 5.56 Å². The second-order valence-electron chi connectivity index (χ2n) is 2.94. The third kappa shape index (κ3) is 1.97. The molecule has 1 unspecified atom stereocenters. The summed E-state index contributed by atoms with van der Waals surface area (Å²) in [5.41, 5.74) is -1.87. The number of aliphatic hydroxyl groups excluding tert-OH is 1. The molecule has 1 atom stereocenters. The number of halogens is 2. The predicted octanol–water partition coefficient (Wildman–Crippen LogP) is 1.33. The molecule has 0 bridgehead atoms. The highest BCUT2D eigenvalue weighted by Gasteiger charge is 2.25. The molecular formula is C10H10F2O2. The molecule has 2 N–H and O–H groups in total. The molecule has 2 nitrogen and oxygen atoms in total. The van der Waals surface area contributed by atoms with Gasteiger partial charge in [-0.15, -0.1) is 0 Å². The molecule has 0 aromatic heterocycles. The summed E-state index contributed by atoms with van der Waals surface area (Å²) in [5, 5.41) is 18.5. The van der Waals surface area contributed by atoms with E-state index in [0.29, 0.717) is 6.07 Å². The van der Waals surface area contributed by atoms with Crippen LogP contribution in [0.3, 0.4) is 0 Å². The van der Waals surface area contributed by atoms with E-state index in [9.17, 15) is 13.9 Å². The smallest absolute Gasteiger partial charge is 0.131 e. The first-order chi connectivity index (χ1) is 6.51. The minimum atomic E-state index is -1.80. The zero-order valence-corrected chi connectivity index (χ0v) is 7.37. The van der Waals surface area contributed by atoms with Gasteiger partial charge in [-0.05, 0) is 17.7 Å². The molecule has 0 heterocycles. The fourth-order valence-corrected chi connectivity index (χ4v) is 1.08. The van der Waals surface area contributed by atoms with Crippen LogP contribution < -0.4 is 0 Å². The molecule has 0 amide bonds. The molecule has 0 fully saturated rings. The van der Waals surface area contributed by atoms with Gasteiger partial charge >= 0.3 is 0 Å². The van der Waals surface area contributed by atoms with Crippen LogP contribution in [0.2, 0.25) is 0 Å². The normalized spacial score (nSPS) is 14.9. The standard InChI is InChI=1S/C10H10F2O2/c1-2-10(14,6-13)7-3-8(11)5-9(12)4-7/h2-5,13-14H,1,6H2. The van der Waals surface area contributed by atoms with E-state index < -0.39 is 23.8 Å². The van der Waals surface area contributed by atoms with Gasteiger partial charge in [0.25, 0.3) is 0 Å². The first kappa shape index (κ1) is 10.8. The molecule has 4 heteroatoms. The second kappa shape index (κ2) is 3.86. The van der Waals surface area contributed by atoms with E-state index in [1.807, 2.05) is 0 Å². The van der Waals surface area contributed by atoms with Crippen molar-refractivity contribution in [1.82, 2.24) is 0 Å². The fourth-order valence-electron chi connectivity index (χ4n) is 1.08. The summed E-state index contributed by atoms with van der Waals surface area (Å²) in [6.07, 6.45) is 1.03. The molecule has 1 aromatic carbocycles. The highest BCUT2D eigenvalue weighted by atomic mass is 19.1. The summed E-state index contributed by atoms with van der Waals surface area (Å²) in [7, 11) is 0. The van der Waals surface area contributed by atoms with Crippen LogP contribution in [-0.2, 0) is 5.60 Å². The third-order valence-electron chi connectivity index (χ3n) is 1.94. The van der Waals surface area contributed by atoms with Crippen molar-refractivity contribution in [2.24, 2.45) is 0 Å². The van der Waals surface area contributed by atoms with Gasteiger partial charge in [-0.3, -0.25) is 0 Å². The van der Waals surface area contributed by atoms with E-state index in [2.05, 4.69) is 6.58 Å². The van der Waals surface area contributed by atoms with Crippen LogP contribution in [0.15, 0.2) is 30.9 Å².